The Morgan fingerprint density at radius 1 is 0.879 bits per heavy atom. The van der Waals surface area contributed by atoms with Gasteiger partial charge < -0.3 is 14.8 Å². The molecule has 1 heterocycles. The molecule has 170 valence electrons. The molecule has 0 saturated carbocycles. The summed E-state index contributed by atoms with van der Waals surface area (Å²) in [7, 11) is 0. The van der Waals surface area contributed by atoms with Gasteiger partial charge in [-0.2, -0.15) is 0 Å². The summed E-state index contributed by atoms with van der Waals surface area (Å²) in [6.07, 6.45) is 0. The highest BCUT2D eigenvalue weighted by atomic mass is 16.5. The van der Waals surface area contributed by atoms with Crippen molar-refractivity contribution in [2.75, 3.05) is 39.5 Å². The molecule has 1 amide bonds. The second-order valence-electron chi connectivity index (χ2n) is 7.87. The summed E-state index contributed by atoms with van der Waals surface area (Å²) >= 11 is 0. The van der Waals surface area contributed by atoms with Gasteiger partial charge in [-0.25, -0.2) is 0 Å². The Labute approximate surface area is 194 Å². The molecule has 1 N–H and O–H groups in total. The SMILES string of the molecule is O=C(NCc1cccc(OCCN2CCOCC2)c1)c1ccccc1C(=O)c1ccccc1. The molecule has 1 fully saturated rings. The first-order valence-electron chi connectivity index (χ1n) is 11.2. The first kappa shape index (κ1) is 22.7. The second kappa shape index (κ2) is 11.4. The topological polar surface area (TPSA) is 67.9 Å². The van der Waals surface area contributed by atoms with Crippen LogP contribution in [0, 0.1) is 0 Å². The van der Waals surface area contributed by atoms with E-state index in [2.05, 4.69) is 10.2 Å². The number of carbonyl (C=O) groups is 2. The average molecular weight is 445 g/mol. The number of nitrogens with zero attached hydrogens (tertiary/aromatic N) is 1. The van der Waals surface area contributed by atoms with E-state index in [1.165, 1.54) is 0 Å². The maximum Gasteiger partial charge on any atom is 0.252 e. The van der Waals surface area contributed by atoms with Crippen LogP contribution in [0.4, 0.5) is 0 Å². The summed E-state index contributed by atoms with van der Waals surface area (Å²) in [6, 6.07) is 23.6. The molecule has 33 heavy (non-hydrogen) atoms. The standard InChI is InChI=1S/C27H28N2O4/c30-26(22-8-2-1-3-9-22)24-11-4-5-12-25(24)27(31)28-20-21-7-6-10-23(19-21)33-18-15-29-13-16-32-17-14-29/h1-12,19H,13-18,20H2,(H,28,31). The molecule has 0 bridgehead atoms. The van der Waals surface area contributed by atoms with E-state index in [0.29, 0.717) is 29.8 Å². The highest BCUT2D eigenvalue weighted by molar-refractivity contribution is 6.15. The van der Waals surface area contributed by atoms with Crippen LogP contribution in [0.1, 0.15) is 31.8 Å². The molecule has 1 aliphatic heterocycles. The van der Waals surface area contributed by atoms with Crippen LogP contribution < -0.4 is 10.1 Å². The summed E-state index contributed by atoms with van der Waals surface area (Å²) in [5, 5.41) is 2.93. The van der Waals surface area contributed by atoms with Gasteiger partial charge >= 0.3 is 0 Å². The molecule has 1 saturated heterocycles. The van der Waals surface area contributed by atoms with E-state index < -0.39 is 0 Å². The fraction of sp³-hybridized carbons (Fsp3) is 0.259. The van der Waals surface area contributed by atoms with Gasteiger partial charge in [0.05, 0.1) is 18.8 Å². The van der Waals surface area contributed by atoms with Gasteiger partial charge in [-0.15, -0.1) is 0 Å². The Morgan fingerprint density at radius 3 is 2.39 bits per heavy atom. The van der Waals surface area contributed by atoms with Crippen LogP contribution in [0.3, 0.4) is 0 Å². The van der Waals surface area contributed by atoms with Gasteiger partial charge in [-0.05, 0) is 23.8 Å². The van der Waals surface area contributed by atoms with Crippen LogP contribution in [0.15, 0.2) is 78.9 Å². The highest BCUT2D eigenvalue weighted by Crippen LogP contribution is 2.16. The Morgan fingerprint density at radius 2 is 1.61 bits per heavy atom. The maximum atomic E-state index is 12.9. The van der Waals surface area contributed by atoms with E-state index >= 15 is 0 Å². The zero-order chi connectivity index (χ0) is 22.9. The van der Waals surface area contributed by atoms with Crippen molar-refractivity contribution in [1.82, 2.24) is 10.2 Å². The van der Waals surface area contributed by atoms with Crippen molar-refractivity contribution in [2.24, 2.45) is 0 Å². The minimum Gasteiger partial charge on any atom is -0.492 e. The van der Waals surface area contributed by atoms with E-state index in [1.54, 1.807) is 36.4 Å². The van der Waals surface area contributed by atoms with Gasteiger partial charge in [0.2, 0.25) is 0 Å². The average Bonchev–Trinajstić information content (AvgIpc) is 2.88. The fourth-order valence-electron chi connectivity index (χ4n) is 3.76. The smallest absolute Gasteiger partial charge is 0.252 e. The monoisotopic (exact) mass is 444 g/mol. The minimum absolute atomic E-state index is 0.169. The minimum atomic E-state index is -0.284. The van der Waals surface area contributed by atoms with E-state index in [4.69, 9.17) is 9.47 Å². The van der Waals surface area contributed by atoms with Crippen LogP contribution in [-0.4, -0.2) is 56.0 Å². The number of morpholine rings is 1. The molecule has 0 radical (unpaired) electrons. The van der Waals surface area contributed by atoms with Crippen molar-refractivity contribution in [3.05, 3.63) is 101 Å². The summed E-state index contributed by atoms with van der Waals surface area (Å²) in [5.41, 5.74) is 2.24. The molecule has 0 unspecified atom stereocenters. The van der Waals surface area contributed by atoms with Gasteiger partial charge in [0.1, 0.15) is 12.4 Å². The number of hydrogen-bond donors (Lipinski definition) is 1. The number of amides is 1. The van der Waals surface area contributed by atoms with E-state index in [-0.39, 0.29) is 11.7 Å². The largest absolute Gasteiger partial charge is 0.492 e. The number of carbonyl (C=O) groups excluding carboxylic acids is 2. The lowest BCUT2D eigenvalue weighted by Gasteiger charge is -2.26. The molecule has 0 aliphatic carbocycles. The quantitative estimate of drug-likeness (QED) is 0.511. The van der Waals surface area contributed by atoms with E-state index in [0.717, 1.165) is 44.2 Å². The van der Waals surface area contributed by atoms with Gasteiger partial charge in [-0.1, -0.05) is 60.7 Å². The third-order valence-electron chi connectivity index (χ3n) is 5.58. The Kier molecular flexibility index (Phi) is 7.85. The first-order valence-corrected chi connectivity index (χ1v) is 11.2. The highest BCUT2D eigenvalue weighted by Gasteiger charge is 2.17. The normalized spacial score (nSPS) is 13.9. The number of ether oxygens (including phenoxy) is 2. The number of nitrogens with one attached hydrogen (secondary N) is 1. The van der Waals surface area contributed by atoms with E-state index in [1.807, 2.05) is 42.5 Å². The van der Waals surface area contributed by atoms with Crippen LogP contribution in [0.25, 0.3) is 0 Å². The Balaban J connectivity index is 1.34. The summed E-state index contributed by atoms with van der Waals surface area (Å²) in [5.74, 6) is 0.320. The first-order chi connectivity index (χ1) is 16.2. The number of hydrogen-bond acceptors (Lipinski definition) is 5. The summed E-state index contributed by atoms with van der Waals surface area (Å²) in [6.45, 7) is 5.21. The second-order valence-corrected chi connectivity index (χ2v) is 7.87. The van der Waals surface area contributed by atoms with Crippen LogP contribution >= 0.6 is 0 Å². The van der Waals surface area contributed by atoms with Gasteiger partial charge in [0.25, 0.3) is 5.91 Å². The Hall–Kier alpha value is -3.48. The van der Waals surface area contributed by atoms with Crippen molar-refractivity contribution in [3.63, 3.8) is 0 Å². The lowest BCUT2D eigenvalue weighted by Crippen LogP contribution is -2.38. The lowest BCUT2D eigenvalue weighted by molar-refractivity contribution is 0.0322. The molecule has 3 aromatic carbocycles. The molecular formula is C27H28N2O4. The van der Waals surface area contributed by atoms with Crippen LogP contribution in [-0.2, 0) is 11.3 Å². The maximum absolute atomic E-state index is 12.9. The van der Waals surface area contributed by atoms with E-state index in [9.17, 15) is 9.59 Å². The third kappa shape index (κ3) is 6.28. The number of benzene rings is 3. The molecule has 4 rings (SSSR count). The predicted molar refractivity (Wildman–Crippen MR) is 127 cm³/mol. The summed E-state index contributed by atoms with van der Waals surface area (Å²) in [4.78, 5) is 28.1. The molecule has 0 aromatic heterocycles. The number of rotatable bonds is 9. The predicted octanol–water partition coefficient (Wildman–Crippen LogP) is 3.56. The molecule has 0 atom stereocenters. The van der Waals surface area contributed by atoms with Gasteiger partial charge in [0.15, 0.2) is 5.78 Å². The van der Waals surface area contributed by atoms with Gasteiger partial charge in [-0.3, -0.25) is 14.5 Å². The molecular weight excluding hydrogens is 416 g/mol. The van der Waals surface area contributed by atoms with Gasteiger partial charge in [0, 0.05) is 37.3 Å². The molecule has 3 aromatic rings. The van der Waals surface area contributed by atoms with Crippen LogP contribution in [0.5, 0.6) is 5.75 Å². The zero-order valence-electron chi connectivity index (χ0n) is 18.5. The van der Waals surface area contributed by atoms with Crippen molar-refractivity contribution in [1.29, 1.82) is 0 Å². The van der Waals surface area contributed by atoms with Crippen molar-refractivity contribution in [3.8, 4) is 5.75 Å². The summed E-state index contributed by atoms with van der Waals surface area (Å²) < 4.78 is 11.3. The lowest BCUT2D eigenvalue weighted by atomic mass is 9.98. The van der Waals surface area contributed by atoms with Crippen molar-refractivity contribution < 1.29 is 19.1 Å². The molecule has 6 nitrogen and oxygen atoms in total. The molecule has 6 heteroatoms. The van der Waals surface area contributed by atoms with Crippen molar-refractivity contribution >= 4 is 11.7 Å². The fourth-order valence-corrected chi connectivity index (χ4v) is 3.76. The third-order valence-corrected chi connectivity index (χ3v) is 5.58. The van der Waals surface area contributed by atoms with Crippen molar-refractivity contribution in [2.45, 2.75) is 6.54 Å². The Bertz CT molecular complexity index is 1080. The van der Waals surface area contributed by atoms with Crippen LogP contribution in [0.2, 0.25) is 0 Å². The molecule has 1 aliphatic rings. The number of ketones is 1. The molecule has 0 spiro atoms. The zero-order valence-corrected chi connectivity index (χ0v) is 18.5.